The minimum absolute atomic E-state index is 0.656. The van der Waals surface area contributed by atoms with E-state index in [0.717, 1.165) is 77.6 Å². The lowest BCUT2D eigenvalue weighted by Gasteiger charge is -2.11. The van der Waals surface area contributed by atoms with E-state index in [-0.39, 0.29) is 0 Å². The molecule has 8 aromatic rings. The van der Waals surface area contributed by atoms with Gasteiger partial charge in [-0.3, -0.25) is 9.97 Å². The van der Waals surface area contributed by atoms with E-state index in [9.17, 15) is 0 Å². The summed E-state index contributed by atoms with van der Waals surface area (Å²) in [7, 11) is 0. The van der Waals surface area contributed by atoms with E-state index in [2.05, 4.69) is 94.9 Å². The molecule has 0 aliphatic rings. The van der Waals surface area contributed by atoms with E-state index in [0.29, 0.717) is 5.56 Å². The highest BCUT2D eigenvalue weighted by atomic mass is 16.3. The van der Waals surface area contributed by atoms with Crippen LogP contribution in [-0.2, 0) is 0 Å². The minimum Gasteiger partial charge on any atom is -0.455 e. The predicted octanol–water partition coefficient (Wildman–Crippen LogP) is 10.6. The zero-order chi connectivity index (χ0) is 30.2. The van der Waals surface area contributed by atoms with Gasteiger partial charge in [0.1, 0.15) is 11.2 Å². The van der Waals surface area contributed by atoms with Crippen molar-refractivity contribution in [1.29, 1.82) is 5.26 Å². The van der Waals surface area contributed by atoms with Gasteiger partial charge in [0.25, 0.3) is 0 Å². The number of nitrogens with zero attached hydrogens (tertiary/aromatic N) is 3. The van der Waals surface area contributed by atoms with Gasteiger partial charge in [-0.1, -0.05) is 72.8 Å². The summed E-state index contributed by atoms with van der Waals surface area (Å²) in [6, 6.07) is 45.9. The summed E-state index contributed by atoms with van der Waals surface area (Å²) >= 11 is 0. The first-order valence-electron chi connectivity index (χ1n) is 14.8. The van der Waals surface area contributed by atoms with Crippen LogP contribution in [0, 0.1) is 11.3 Å². The fourth-order valence-corrected chi connectivity index (χ4v) is 6.06. The molecule has 8 rings (SSSR count). The molecule has 0 aliphatic heterocycles. The zero-order valence-electron chi connectivity index (χ0n) is 24.2. The molecule has 0 atom stereocenters. The molecule has 3 aromatic heterocycles. The molecule has 0 bridgehead atoms. The van der Waals surface area contributed by atoms with Gasteiger partial charge < -0.3 is 4.42 Å². The maximum atomic E-state index is 9.14. The number of nitriles is 1. The van der Waals surface area contributed by atoms with Crippen molar-refractivity contribution < 1.29 is 4.42 Å². The van der Waals surface area contributed by atoms with Crippen LogP contribution >= 0.6 is 0 Å². The largest absolute Gasteiger partial charge is 0.455 e. The Bertz CT molecular complexity index is 2290. The number of benzene rings is 5. The highest BCUT2D eigenvalue weighted by Crippen LogP contribution is 2.41. The lowest BCUT2D eigenvalue weighted by atomic mass is 9.93. The number of furan rings is 1. The Kier molecular flexibility index (Phi) is 6.48. The van der Waals surface area contributed by atoms with E-state index in [1.54, 1.807) is 0 Å². The predicted molar refractivity (Wildman–Crippen MR) is 181 cm³/mol. The second kappa shape index (κ2) is 11.1. The first-order valence-corrected chi connectivity index (χ1v) is 14.8. The number of para-hydroxylation sites is 2. The number of fused-ring (bicyclic) bond motifs is 3. The van der Waals surface area contributed by atoms with Gasteiger partial charge in [-0.25, -0.2) is 0 Å². The van der Waals surface area contributed by atoms with Crippen LogP contribution in [0.5, 0.6) is 0 Å². The number of aromatic nitrogens is 2. The molecule has 5 aromatic carbocycles. The van der Waals surface area contributed by atoms with Gasteiger partial charge in [0.05, 0.1) is 11.6 Å². The van der Waals surface area contributed by atoms with Gasteiger partial charge in [-0.15, -0.1) is 0 Å². The Morgan fingerprint density at radius 2 is 0.844 bits per heavy atom. The van der Waals surface area contributed by atoms with Crippen LogP contribution in [-0.4, -0.2) is 9.97 Å². The molecule has 0 unspecified atom stereocenters. The smallest absolute Gasteiger partial charge is 0.143 e. The summed E-state index contributed by atoms with van der Waals surface area (Å²) in [6.45, 7) is 0. The first kappa shape index (κ1) is 26.3. The average Bonchev–Trinajstić information content (AvgIpc) is 3.52. The van der Waals surface area contributed by atoms with Gasteiger partial charge in [0.2, 0.25) is 0 Å². The molecule has 210 valence electrons. The van der Waals surface area contributed by atoms with Crippen molar-refractivity contribution in [2.45, 2.75) is 0 Å². The standard InChI is InChI=1S/C41H25N3O/c42-26-27-7-9-28(10-8-27)29-11-13-32(14-12-29)36-3-1-5-38-39-6-2-4-37(41(39)45-40(36)38)35-24-33(30-15-19-43-20-16-30)23-34(25-35)31-17-21-44-22-18-31/h1-25H. The molecule has 0 saturated carbocycles. The Labute approximate surface area is 260 Å². The lowest BCUT2D eigenvalue weighted by molar-refractivity contribution is 0.671. The van der Waals surface area contributed by atoms with Crippen LogP contribution in [0.2, 0.25) is 0 Å². The van der Waals surface area contributed by atoms with Crippen molar-refractivity contribution in [2.24, 2.45) is 0 Å². The number of hydrogen-bond acceptors (Lipinski definition) is 4. The summed E-state index contributed by atoms with van der Waals surface area (Å²) in [5, 5.41) is 11.3. The fourth-order valence-electron chi connectivity index (χ4n) is 6.06. The molecule has 0 radical (unpaired) electrons. The van der Waals surface area contributed by atoms with Crippen molar-refractivity contribution in [1.82, 2.24) is 9.97 Å². The number of pyridine rings is 2. The molecular weight excluding hydrogens is 550 g/mol. The maximum Gasteiger partial charge on any atom is 0.143 e. The van der Waals surface area contributed by atoms with Crippen molar-refractivity contribution in [3.8, 4) is 61.7 Å². The second-order valence-corrected chi connectivity index (χ2v) is 11.0. The minimum atomic E-state index is 0.656. The quantitative estimate of drug-likeness (QED) is 0.205. The van der Waals surface area contributed by atoms with Gasteiger partial charge >= 0.3 is 0 Å². The van der Waals surface area contributed by atoms with Crippen LogP contribution < -0.4 is 0 Å². The summed E-state index contributed by atoms with van der Waals surface area (Å²) in [4.78, 5) is 8.45. The molecule has 4 heteroatoms. The van der Waals surface area contributed by atoms with Crippen molar-refractivity contribution in [2.75, 3.05) is 0 Å². The topological polar surface area (TPSA) is 62.7 Å². The third kappa shape index (κ3) is 4.83. The summed E-state index contributed by atoms with van der Waals surface area (Å²) in [6.07, 6.45) is 7.30. The highest BCUT2D eigenvalue weighted by molar-refractivity contribution is 6.13. The Morgan fingerprint density at radius 1 is 0.422 bits per heavy atom. The van der Waals surface area contributed by atoms with E-state index in [1.165, 1.54) is 0 Å². The first-order chi connectivity index (χ1) is 22.2. The van der Waals surface area contributed by atoms with Crippen molar-refractivity contribution >= 4 is 21.9 Å². The SMILES string of the molecule is N#Cc1ccc(-c2ccc(-c3cccc4c3oc3c(-c5cc(-c6ccncc6)cc(-c6ccncc6)c5)cccc34)cc2)cc1. The van der Waals surface area contributed by atoms with Gasteiger partial charge in [0.15, 0.2) is 0 Å². The number of rotatable bonds is 5. The van der Waals surface area contributed by atoms with Crippen molar-refractivity contribution in [3.63, 3.8) is 0 Å². The highest BCUT2D eigenvalue weighted by Gasteiger charge is 2.17. The second-order valence-electron chi connectivity index (χ2n) is 11.0. The summed E-state index contributed by atoms with van der Waals surface area (Å²) in [5.74, 6) is 0. The summed E-state index contributed by atoms with van der Waals surface area (Å²) in [5.41, 5.74) is 13.2. The molecule has 4 nitrogen and oxygen atoms in total. The van der Waals surface area contributed by atoms with Crippen LogP contribution in [0.4, 0.5) is 0 Å². The fraction of sp³-hybridized carbons (Fsp3) is 0. The molecule has 0 N–H and O–H groups in total. The van der Waals surface area contributed by atoms with Gasteiger partial charge in [0, 0.05) is 46.7 Å². The molecule has 0 fully saturated rings. The third-order valence-electron chi connectivity index (χ3n) is 8.34. The molecule has 0 aliphatic carbocycles. The van der Waals surface area contributed by atoms with Crippen LogP contribution in [0.15, 0.2) is 157 Å². The normalized spacial score (nSPS) is 11.1. The maximum absolute atomic E-state index is 9.14. The lowest BCUT2D eigenvalue weighted by Crippen LogP contribution is -1.87. The molecule has 0 spiro atoms. The van der Waals surface area contributed by atoms with E-state index >= 15 is 0 Å². The monoisotopic (exact) mass is 575 g/mol. The molecule has 0 amide bonds. The van der Waals surface area contributed by atoms with Gasteiger partial charge in [-0.05, 0) is 99.1 Å². The van der Waals surface area contributed by atoms with Crippen LogP contribution in [0.1, 0.15) is 5.56 Å². The van der Waals surface area contributed by atoms with Crippen molar-refractivity contribution in [3.05, 3.63) is 158 Å². The molecule has 0 saturated heterocycles. The summed E-state index contributed by atoms with van der Waals surface area (Å²) < 4.78 is 6.80. The molecular formula is C41H25N3O. The average molecular weight is 576 g/mol. The Morgan fingerprint density at radius 3 is 1.36 bits per heavy atom. The Hall–Kier alpha value is -6.31. The van der Waals surface area contributed by atoms with Gasteiger partial charge in [-0.2, -0.15) is 5.26 Å². The zero-order valence-corrected chi connectivity index (χ0v) is 24.2. The number of hydrogen-bond donors (Lipinski definition) is 0. The van der Waals surface area contributed by atoms with E-state index in [1.807, 2.05) is 73.3 Å². The van der Waals surface area contributed by atoms with E-state index in [4.69, 9.17) is 9.68 Å². The third-order valence-corrected chi connectivity index (χ3v) is 8.34. The van der Waals surface area contributed by atoms with E-state index < -0.39 is 0 Å². The Balaban J connectivity index is 1.26. The van der Waals surface area contributed by atoms with Crippen LogP contribution in [0.25, 0.3) is 77.6 Å². The molecule has 3 heterocycles. The molecule has 45 heavy (non-hydrogen) atoms. The van der Waals surface area contributed by atoms with Crippen LogP contribution in [0.3, 0.4) is 0 Å².